The summed E-state index contributed by atoms with van der Waals surface area (Å²) in [5, 5.41) is 3.34. The van der Waals surface area contributed by atoms with Gasteiger partial charge in [0.25, 0.3) is 0 Å². The van der Waals surface area contributed by atoms with Gasteiger partial charge < -0.3 is 19.9 Å². The van der Waals surface area contributed by atoms with E-state index in [1.54, 1.807) is 19.4 Å². The quantitative estimate of drug-likeness (QED) is 0.691. The lowest BCUT2D eigenvalue weighted by molar-refractivity contribution is 0.410. The van der Waals surface area contributed by atoms with E-state index in [1.165, 1.54) is 6.07 Å². The van der Waals surface area contributed by atoms with Crippen molar-refractivity contribution in [3.63, 3.8) is 0 Å². The maximum absolute atomic E-state index is 14.0. The summed E-state index contributed by atoms with van der Waals surface area (Å²) >= 11 is 0. The Morgan fingerprint density at radius 1 is 0.966 bits per heavy atom. The van der Waals surface area contributed by atoms with Crippen LogP contribution in [0.1, 0.15) is 5.56 Å². The smallest absolute Gasteiger partial charge is 0.227 e. The lowest BCUT2D eigenvalue weighted by Crippen LogP contribution is -2.47. The second-order valence-corrected chi connectivity index (χ2v) is 6.83. The fraction of sp³-hybridized carbons (Fsp3) is 0.273. The third-order valence-corrected chi connectivity index (χ3v) is 5.05. The highest BCUT2D eigenvalue weighted by atomic mass is 19.1. The molecular formula is C22H24FN5O. The predicted octanol–water partition coefficient (Wildman–Crippen LogP) is 3.56. The van der Waals surface area contributed by atoms with Gasteiger partial charge in [-0.1, -0.05) is 30.3 Å². The Morgan fingerprint density at radius 3 is 2.48 bits per heavy atom. The van der Waals surface area contributed by atoms with Gasteiger partial charge in [-0.25, -0.2) is 9.37 Å². The van der Waals surface area contributed by atoms with Gasteiger partial charge in [-0.05, 0) is 24.3 Å². The first kappa shape index (κ1) is 19.0. The van der Waals surface area contributed by atoms with Crippen molar-refractivity contribution >= 4 is 17.5 Å². The predicted molar refractivity (Wildman–Crippen MR) is 113 cm³/mol. The van der Waals surface area contributed by atoms with Crippen LogP contribution in [0.3, 0.4) is 0 Å². The van der Waals surface area contributed by atoms with Gasteiger partial charge in [-0.15, -0.1) is 0 Å². The first-order chi connectivity index (χ1) is 14.2. The molecule has 3 aromatic rings. The Morgan fingerprint density at radius 2 is 1.69 bits per heavy atom. The van der Waals surface area contributed by atoms with E-state index in [4.69, 9.17) is 4.74 Å². The first-order valence-electron chi connectivity index (χ1n) is 9.68. The van der Waals surface area contributed by atoms with Crippen molar-refractivity contribution in [3.05, 3.63) is 72.2 Å². The number of piperazine rings is 1. The first-order valence-corrected chi connectivity index (χ1v) is 9.68. The molecule has 1 aliphatic rings. The summed E-state index contributed by atoms with van der Waals surface area (Å²) in [7, 11) is 1.67. The number of nitrogens with zero attached hydrogens (tertiary/aromatic N) is 4. The molecule has 1 saturated heterocycles. The molecule has 0 saturated carbocycles. The molecule has 0 amide bonds. The number of benzene rings is 2. The van der Waals surface area contributed by atoms with Crippen LogP contribution in [-0.4, -0.2) is 43.3 Å². The Bertz CT molecular complexity index is 959. The molecule has 0 unspecified atom stereocenters. The minimum absolute atomic E-state index is 0.181. The van der Waals surface area contributed by atoms with Crippen molar-refractivity contribution in [2.24, 2.45) is 0 Å². The molecule has 7 heteroatoms. The van der Waals surface area contributed by atoms with Gasteiger partial charge in [0, 0.05) is 44.5 Å². The molecule has 6 nitrogen and oxygen atoms in total. The average molecular weight is 393 g/mol. The second-order valence-electron chi connectivity index (χ2n) is 6.83. The van der Waals surface area contributed by atoms with E-state index in [1.807, 2.05) is 42.5 Å². The van der Waals surface area contributed by atoms with Gasteiger partial charge in [-0.2, -0.15) is 4.98 Å². The summed E-state index contributed by atoms with van der Waals surface area (Å²) in [4.78, 5) is 13.3. The number of para-hydroxylation sites is 2. The monoisotopic (exact) mass is 393 g/mol. The largest absolute Gasteiger partial charge is 0.496 e. The van der Waals surface area contributed by atoms with Crippen molar-refractivity contribution in [1.29, 1.82) is 0 Å². The van der Waals surface area contributed by atoms with Crippen LogP contribution in [0.5, 0.6) is 5.75 Å². The SMILES string of the molecule is COc1ccccc1CNc1ccnc(N2CCN(c3ccccc3F)CC2)n1. The highest BCUT2D eigenvalue weighted by molar-refractivity contribution is 5.50. The number of ether oxygens (including phenoxy) is 1. The van der Waals surface area contributed by atoms with Gasteiger partial charge in [0.2, 0.25) is 5.95 Å². The summed E-state index contributed by atoms with van der Waals surface area (Å²) in [5.41, 5.74) is 1.72. The van der Waals surface area contributed by atoms with E-state index >= 15 is 0 Å². The van der Waals surface area contributed by atoms with E-state index in [0.717, 1.165) is 43.3 Å². The summed E-state index contributed by atoms with van der Waals surface area (Å²) in [6.45, 7) is 3.54. The van der Waals surface area contributed by atoms with Gasteiger partial charge in [0.15, 0.2) is 0 Å². The molecular weight excluding hydrogens is 369 g/mol. The van der Waals surface area contributed by atoms with Crippen LogP contribution >= 0.6 is 0 Å². The number of hydrogen-bond acceptors (Lipinski definition) is 6. The molecule has 4 rings (SSSR count). The zero-order valence-electron chi connectivity index (χ0n) is 16.4. The van der Waals surface area contributed by atoms with Crippen molar-refractivity contribution in [2.45, 2.75) is 6.54 Å². The van der Waals surface area contributed by atoms with Gasteiger partial charge in [-0.3, -0.25) is 0 Å². The van der Waals surface area contributed by atoms with Gasteiger partial charge >= 0.3 is 0 Å². The van der Waals surface area contributed by atoms with E-state index < -0.39 is 0 Å². The third-order valence-electron chi connectivity index (χ3n) is 5.05. The van der Waals surface area contributed by atoms with E-state index in [9.17, 15) is 4.39 Å². The second kappa shape index (κ2) is 8.77. The molecule has 1 aliphatic heterocycles. The van der Waals surface area contributed by atoms with Crippen LogP contribution in [-0.2, 0) is 6.54 Å². The minimum atomic E-state index is -0.181. The van der Waals surface area contributed by atoms with E-state index in [-0.39, 0.29) is 5.82 Å². The highest BCUT2D eigenvalue weighted by Gasteiger charge is 2.21. The molecule has 0 atom stereocenters. The molecule has 2 aromatic carbocycles. The lowest BCUT2D eigenvalue weighted by atomic mass is 10.2. The molecule has 1 fully saturated rings. The number of hydrogen-bond donors (Lipinski definition) is 1. The number of aromatic nitrogens is 2. The summed E-state index contributed by atoms with van der Waals surface area (Å²) in [6, 6.07) is 16.7. The van der Waals surface area contributed by atoms with E-state index in [0.29, 0.717) is 18.2 Å². The number of halogens is 1. The summed E-state index contributed by atoms with van der Waals surface area (Å²) < 4.78 is 19.4. The van der Waals surface area contributed by atoms with Crippen LogP contribution in [0.25, 0.3) is 0 Å². The fourth-order valence-corrected chi connectivity index (χ4v) is 3.49. The lowest BCUT2D eigenvalue weighted by Gasteiger charge is -2.36. The standard InChI is InChI=1S/C22H24FN5O/c1-29-20-9-5-2-6-17(20)16-25-21-10-11-24-22(26-21)28-14-12-27(13-15-28)19-8-4-3-7-18(19)23/h2-11H,12-16H2,1H3,(H,24,25,26). The molecule has 29 heavy (non-hydrogen) atoms. The van der Waals surface area contributed by atoms with E-state index in [2.05, 4.69) is 25.1 Å². The zero-order valence-corrected chi connectivity index (χ0v) is 16.4. The van der Waals surface area contributed by atoms with Gasteiger partial charge in [0.1, 0.15) is 17.4 Å². The number of nitrogens with one attached hydrogen (secondary N) is 1. The normalized spacial score (nSPS) is 14.0. The molecule has 0 spiro atoms. The van der Waals surface area contributed by atoms with Crippen molar-refractivity contribution < 1.29 is 9.13 Å². The number of anilines is 3. The summed E-state index contributed by atoms with van der Waals surface area (Å²) in [6.07, 6.45) is 1.76. The fourth-order valence-electron chi connectivity index (χ4n) is 3.49. The summed E-state index contributed by atoms with van der Waals surface area (Å²) in [5.74, 6) is 2.11. The average Bonchev–Trinajstić information content (AvgIpc) is 2.78. The van der Waals surface area contributed by atoms with Crippen LogP contribution in [0, 0.1) is 5.82 Å². The highest BCUT2D eigenvalue weighted by Crippen LogP contribution is 2.22. The topological polar surface area (TPSA) is 53.5 Å². The molecule has 0 aliphatic carbocycles. The third kappa shape index (κ3) is 4.39. The van der Waals surface area contributed by atoms with Crippen LogP contribution < -0.4 is 19.9 Å². The van der Waals surface area contributed by atoms with Crippen molar-refractivity contribution in [3.8, 4) is 5.75 Å². The minimum Gasteiger partial charge on any atom is -0.496 e. The van der Waals surface area contributed by atoms with Gasteiger partial charge in [0.05, 0.1) is 12.8 Å². The Balaban J connectivity index is 1.39. The van der Waals surface area contributed by atoms with Crippen LogP contribution in [0.4, 0.5) is 21.8 Å². The zero-order chi connectivity index (χ0) is 20.1. The van der Waals surface area contributed by atoms with Crippen molar-refractivity contribution in [2.75, 3.05) is 48.4 Å². The molecule has 0 bridgehead atoms. The molecule has 1 aromatic heterocycles. The molecule has 1 N–H and O–H groups in total. The molecule has 0 radical (unpaired) electrons. The number of methoxy groups -OCH3 is 1. The van der Waals surface area contributed by atoms with Crippen molar-refractivity contribution in [1.82, 2.24) is 9.97 Å². The Hall–Kier alpha value is -3.35. The van der Waals surface area contributed by atoms with Crippen LogP contribution in [0.2, 0.25) is 0 Å². The molecule has 2 heterocycles. The molecule has 150 valence electrons. The maximum Gasteiger partial charge on any atom is 0.227 e. The maximum atomic E-state index is 14.0. The van der Waals surface area contributed by atoms with Crippen LogP contribution in [0.15, 0.2) is 60.8 Å². The Kier molecular flexibility index (Phi) is 5.74. The number of rotatable bonds is 6. The Labute approximate surface area is 170 Å².